The first-order chi connectivity index (χ1) is 20.9. The minimum atomic E-state index is -0.233. The van der Waals surface area contributed by atoms with Gasteiger partial charge in [-0.05, 0) is 64.1 Å². The topological polar surface area (TPSA) is 92.8 Å². The van der Waals surface area contributed by atoms with Crippen LogP contribution < -0.4 is 10.1 Å². The number of ether oxygens (including phenoxy) is 1. The highest BCUT2D eigenvalue weighted by Gasteiger charge is 2.25. The van der Waals surface area contributed by atoms with E-state index in [2.05, 4.69) is 52.3 Å². The number of amides is 1. The number of rotatable bonds is 9. The van der Waals surface area contributed by atoms with Gasteiger partial charge in [-0.3, -0.25) is 23.8 Å². The van der Waals surface area contributed by atoms with E-state index in [-0.39, 0.29) is 30.7 Å². The Bertz CT molecular complexity index is 1800. The van der Waals surface area contributed by atoms with E-state index in [1.165, 1.54) is 18.5 Å². The van der Waals surface area contributed by atoms with Crippen LogP contribution in [0, 0.1) is 6.92 Å². The van der Waals surface area contributed by atoms with Gasteiger partial charge in [-0.2, -0.15) is 5.10 Å². The molecule has 1 N–H and O–H groups in total. The molecular weight excluding hydrogens is 611 g/mol. The van der Waals surface area contributed by atoms with E-state index < -0.39 is 0 Å². The average molecular weight is 652 g/mol. The molecule has 0 spiro atoms. The number of fused-ring (bicyclic) bond motifs is 2. The Kier molecular flexibility index (Phi) is 9.98. The summed E-state index contributed by atoms with van der Waals surface area (Å²) < 4.78 is 9.81. The predicted molar refractivity (Wildman–Crippen MR) is 181 cm³/mol. The molecule has 12 heteroatoms. The van der Waals surface area contributed by atoms with Crippen molar-refractivity contribution < 1.29 is 9.53 Å². The first-order valence-corrected chi connectivity index (χ1v) is 15.2. The van der Waals surface area contributed by atoms with Gasteiger partial charge in [-0.1, -0.05) is 12.1 Å². The Hall–Kier alpha value is -3.70. The van der Waals surface area contributed by atoms with Crippen molar-refractivity contribution in [2.24, 2.45) is 0 Å². The van der Waals surface area contributed by atoms with Gasteiger partial charge in [0.2, 0.25) is 0 Å². The van der Waals surface area contributed by atoms with Crippen LogP contribution in [0.3, 0.4) is 0 Å². The van der Waals surface area contributed by atoms with Crippen molar-refractivity contribution in [2.75, 3.05) is 45.2 Å². The summed E-state index contributed by atoms with van der Waals surface area (Å²) >= 11 is 0. The lowest BCUT2D eigenvalue weighted by molar-refractivity contribution is 0.0928. The third-order valence-electron chi connectivity index (χ3n) is 8.77. The lowest BCUT2D eigenvalue weighted by Crippen LogP contribution is -2.50. The summed E-state index contributed by atoms with van der Waals surface area (Å²) in [5.41, 5.74) is 5.82. The van der Waals surface area contributed by atoms with Crippen LogP contribution in [-0.4, -0.2) is 85.7 Å². The molecule has 0 radical (unpaired) electrons. The summed E-state index contributed by atoms with van der Waals surface area (Å²) in [5, 5.41) is 8.85. The molecule has 238 valence electrons. The fourth-order valence-electron chi connectivity index (χ4n) is 6.02. The summed E-state index contributed by atoms with van der Waals surface area (Å²) in [4.78, 5) is 27.7. The third kappa shape index (κ3) is 6.94. The molecule has 1 atom stereocenters. The Morgan fingerprint density at radius 3 is 2.71 bits per heavy atom. The van der Waals surface area contributed by atoms with Gasteiger partial charge in [-0.15, -0.1) is 24.8 Å². The highest BCUT2D eigenvalue weighted by molar-refractivity contribution is 6.08. The Morgan fingerprint density at radius 2 is 1.91 bits per heavy atom. The number of nitrogens with one attached hydrogen (secondary N) is 1. The maximum absolute atomic E-state index is 13.5. The van der Waals surface area contributed by atoms with Crippen LogP contribution in [-0.2, 0) is 6.54 Å². The summed E-state index contributed by atoms with van der Waals surface area (Å²) in [6.45, 7) is 9.50. The number of likely N-dealkylation sites (N-methyl/N-ethyl adjacent to an activating group) is 1. The molecule has 1 saturated heterocycles. The molecule has 1 aromatic carbocycles. The number of nitrogens with zero attached hydrogens (tertiary/aromatic N) is 7. The van der Waals surface area contributed by atoms with Gasteiger partial charge in [0.05, 0.1) is 35.3 Å². The van der Waals surface area contributed by atoms with Crippen LogP contribution in [0.4, 0.5) is 5.69 Å². The molecule has 5 aromatic rings. The zero-order chi connectivity index (χ0) is 29.5. The van der Waals surface area contributed by atoms with E-state index in [9.17, 15) is 4.79 Å². The minimum absolute atomic E-state index is 0. The van der Waals surface area contributed by atoms with Crippen molar-refractivity contribution in [1.29, 1.82) is 0 Å². The maximum atomic E-state index is 13.5. The monoisotopic (exact) mass is 650 g/mol. The van der Waals surface area contributed by atoms with Crippen molar-refractivity contribution in [3.63, 3.8) is 0 Å². The second-order valence-corrected chi connectivity index (χ2v) is 11.9. The van der Waals surface area contributed by atoms with Gasteiger partial charge in [0.15, 0.2) is 0 Å². The highest BCUT2D eigenvalue weighted by Crippen LogP contribution is 2.39. The van der Waals surface area contributed by atoms with E-state index >= 15 is 0 Å². The van der Waals surface area contributed by atoms with E-state index in [0.717, 1.165) is 59.9 Å². The maximum Gasteiger partial charge on any atom is 0.274 e. The molecule has 1 unspecified atom stereocenters. The average Bonchev–Trinajstić information content (AvgIpc) is 3.70. The molecule has 45 heavy (non-hydrogen) atoms. The number of hydrogen-bond acceptors (Lipinski definition) is 7. The molecule has 10 nitrogen and oxygen atoms in total. The van der Waals surface area contributed by atoms with Gasteiger partial charge in [0, 0.05) is 61.5 Å². The first kappa shape index (κ1) is 32.7. The van der Waals surface area contributed by atoms with Gasteiger partial charge in [0.25, 0.3) is 5.91 Å². The number of aryl methyl sites for hydroxylation is 1. The SMILES string of the molecule is Cc1nn(Cc2cccc(C3CC3)n2)c2cccc(NC(=O)c3cnc4cc(OCCN5CCN(C)C(C)C5)ccn34)c12.Cl.Cl. The van der Waals surface area contributed by atoms with Crippen molar-refractivity contribution in [2.45, 2.75) is 45.2 Å². The largest absolute Gasteiger partial charge is 0.492 e. The summed E-state index contributed by atoms with van der Waals surface area (Å²) in [6.07, 6.45) is 5.90. The zero-order valence-electron chi connectivity index (χ0n) is 25.8. The quantitative estimate of drug-likeness (QED) is 0.228. The van der Waals surface area contributed by atoms with Gasteiger partial charge in [0.1, 0.15) is 23.7 Å². The molecule has 2 aliphatic rings. The van der Waals surface area contributed by atoms with Crippen LogP contribution in [0.25, 0.3) is 16.6 Å². The van der Waals surface area contributed by atoms with Crippen LogP contribution in [0.15, 0.2) is 60.9 Å². The molecule has 1 aliphatic heterocycles. The molecule has 5 heterocycles. The Morgan fingerprint density at radius 1 is 1.09 bits per heavy atom. The normalized spacial score (nSPS) is 17.2. The number of halogens is 2. The number of piperazine rings is 1. The fraction of sp³-hybridized carbons (Fsp3) is 0.394. The molecular formula is C33H40Cl2N8O2. The van der Waals surface area contributed by atoms with Crippen LogP contribution in [0.1, 0.15) is 53.3 Å². The van der Waals surface area contributed by atoms with Crippen molar-refractivity contribution in [3.05, 3.63) is 83.7 Å². The Labute approximate surface area is 275 Å². The Balaban J connectivity index is 0.00000200. The second-order valence-electron chi connectivity index (χ2n) is 11.9. The van der Waals surface area contributed by atoms with Gasteiger partial charge in [-0.25, -0.2) is 4.98 Å². The summed E-state index contributed by atoms with van der Waals surface area (Å²) in [7, 11) is 2.18. The van der Waals surface area contributed by atoms with E-state index in [0.29, 0.717) is 36.5 Å². The number of imidazole rings is 1. The molecule has 1 amide bonds. The number of aromatic nitrogens is 5. The predicted octanol–water partition coefficient (Wildman–Crippen LogP) is 5.42. The van der Waals surface area contributed by atoms with E-state index in [1.807, 2.05) is 48.1 Å². The zero-order valence-corrected chi connectivity index (χ0v) is 27.5. The smallest absolute Gasteiger partial charge is 0.274 e. The van der Waals surface area contributed by atoms with Gasteiger partial charge >= 0.3 is 0 Å². The van der Waals surface area contributed by atoms with Crippen molar-refractivity contribution in [3.8, 4) is 5.75 Å². The minimum Gasteiger partial charge on any atom is -0.492 e. The molecule has 7 rings (SSSR count). The number of carbonyl (C=O) groups excluding carboxylic acids is 1. The summed E-state index contributed by atoms with van der Waals surface area (Å²) in [5.74, 6) is 1.12. The second kappa shape index (κ2) is 13.7. The molecule has 4 aromatic heterocycles. The van der Waals surface area contributed by atoms with Crippen molar-refractivity contribution >= 4 is 53.0 Å². The van der Waals surface area contributed by atoms with Gasteiger partial charge < -0.3 is 15.0 Å². The molecule has 1 aliphatic carbocycles. The highest BCUT2D eigenvalue weighted by atomic mass is 35.5. The van der Waals surface area contributed by atoms with E-state index in [4.69, 9.17) is 14.8 Å². The third-order valence-corrected chi connectivity index (χ3v) is 8.77. The standard InChI is InChI=1S/C33H38N8O2.2ClH/c1-22-20-39(15-14-38(22)3)16-17-43-26-12-13-40-30(19-34-31(40)18-26)33(42)36-28-8-5-9-29-32(28)23(2)37-41(29)21-25-6-4-7-27(35-25)24-10-11-24;;/h4-9,12-13,18-19,22,24H,10-11,14-17,20-21H2,1-3H3,(H,36,42);2*1H. The van der Waals surface area contributed by atoms with Crippen molar-refractivity contribution in [1.82, 2.24) is 33.9 Å². The lowest BCUT2D eigenvalue weighted by Gasteiger charge is -2.37. The lowest BCUT2D eigenvalue weighted by atomic mass is 10.1. The van der Waals surface area contributed by atoms with E-state index in [1.54, 1.807) is 10.6 Å². The molecule has 2 fully saturated rings. The molecule has 0 bridgehead atoms. The molecule has 1 saturated carbocycles. The summed E-state index contributed by atoms with van der Waals surface area (Å²) in [6, 6.07) is 16.5. The number of hydrogen-bond donors (Lipinski definition) is 1. The van der Waals surface area contributed by atoms with Crippen LogP contribution in [0.2, 0.25) is 0 Å². The number of carbonyl (C=O) groups is 1. The van der Waals surface area contributed by atoms with Crippen LogP contribution in [0.5, 0.6) is 5.75 Å². The first-order valence-electron chi connectivity index (χ1n) is 15.2. The number of benzene rings is 1. The number of anilines is 1. The van der Waals surface area contributed by atoms with Crippen LogP contribution >= 0.6 is 24.8 Å². The fourth-order valence-corrected chi connectivity index (χ4v) is 6.02. The number of pyridine rings is 2.